The van der Waals surface area contributed by atoms with Gasteiger partial charge in [-0.2, -0.15) is 0 Å². The molecule has 23 heavy (non-hydrogen) atoms. The van der Waals surface area contributed by atoms with Crippen LogP contribution in [0.15, 0.2) is 12.2 Å². The number of hydrogen-bond acceptors (Lipinski definition) is 3. The van der Waals surface area contributed by atoms with Crippen molar-refractivity contribution < 1.29 is 10.2 Å². The van der Waals surface area contributed by atoms with Gasteiger partial charge in [0, 0.05) is 6.54 Å². The topological polar surface area (TPSA) is 52.5 Å². The third kappa shape index (κ3) is 21.6. The number of hydrogen-bond donors (Lipinski definition) is 3. The Morgan fingerprint density at radius 1 is 0.696 bits per heavy atom. The molecule has 0 saturated heterocycles. The van der Waals surface area contributed by atoms with Crippen molar-refractivity contribution in [3.8, 4) is 0 Å². The van der Waals surface area contributed by atoms with Gasteiger partial charge in [-0.05, 0) is 38.6 Å². The Morgan fingerprint density at radius 3 is 1.70 bits per heavy atom. The highest BCUT2D eigenvalue weighted by atomic mass is 16.5. The van der Waals surface area contributed by atoms with Crippen LogP contribution in [-0.4, -0.2) is 29.6 Å². The molecule has 3 nitrogen and oxygen atoms in total. The number of nitrogens with one attached hydrogen (secondary N) is 1. The minimum absolute atomic E-state index is 0.283. The molecule has 0 aromatic rings. The lowest BCUT2D eigenvalue weighted by molar-refractivity contribution is -0.0370. The first kappa shape index (κ1) is 22.6. The van der Waals surface area contributed by atoms with Gasteiger partial charge in [-0.1, -0.05) is 76.9 Å². The first-order valence-corrected chi connectivity index (χ1v) is 9.99. The Bertz CT molecular complexity index is 242. The van der Waals surface area contributed by atoms with Crippen LogP contribution in [0, 0.1) is 0 Å². The summed E-state index contributed by atoms with van der Waals surface area (Å²) >= 11 is 0. The number of unbranched alkanes of at least 4 members (excludes halogenated alkanes) is 12. The molecule has 0 atom stereocenters. The van der Waals surface area contributed by atoms with Crippen LogP contribution in [0.5, 0.6) is 0 Å². The molecule has 0 radical (unpaired) electrons. The average molecular weight is 328 g/mol. The summed E-state index contributed by atoms with van der Waals surface area (Å²) in [6, 6.07) is 0. The Kier molecular flexibility index (Phi) is 19.3. The van der Waals surface area contributed by atoms with Crippen molar-refractivity contribution in [2.75, 3.05) is 13.1 Å². The fourth-order valence-electron chi connectivity index (χ4n) is 2.73. The van der Waals surface area contributed by atoms with Crippen LogP contribution in [0.3, 0.4) is 0 Å². The van der Waals surface area contributed by atoms with Gasteiger partial charge in [0.15, 0.2) is 6.29 Å². The van der Waals surface area contributed by atoms with Gasteiger partial charge in [-0.15, -0.1) is 0 Å². The molecule has 0 bridgehead atoms. The second-order valence-corrected chi connectivity index (χ2v) is 6.62. The molecule has 0 rings (SSSR count). The Hall–Kier alpha value is -0.380. The van der Waals surface area contributed by atoms with Crippen LogP contribution in [0.25, 0.3) is 0 Å². The standard InChI is InChI=1S/C20H41NO2/c1-2-3-4-5-6-7-8-9-10-11-12-13-14-15-16-17-18-21-19-20(22)23/h9-10,20-23H,2-8,11-19H2,1H3/b10-9-. The van der Waals surface area contributed by atoms with E-state index in [-0.39, 0.29) is 6.54 Å². The third-order valence-corrected chi connectivity index (χ3v) is 4.19. The molecule has 3 N–H and O–H groups in total. The summed E-state index contributed by atoms with van der Waals surface area (Å²) in [6.45, 7) is 3.44. The highest BCUT2D eigenvalue weighted by Gasteiger charge is 1.95. The number of allylic oxidation sites excluding steroid dienone is 2. The van der Waals surface area contributed by atoms with E-state index in [4.69, 9.17) is 10.2 Å². The summed E-state index contributed by atoms with van der Waals surface area (Å²) in [5.41, 5.74) is 0. The number of aliphatic hydroxyl groups is 2. The van der Waals surface area contributed by atoms with Crippen molar-refractivity contribution in [3.63, 3.8) is 0 Å². The van der Waals surface area contributed by atoms with Crippen molar-refractivity contribution in [2.45, 2.75) is 103 Å². The van der Waals surface area contributed by atoms with Crippen molar-refractivity contribution in [1.82, 2.24) is 5.32 Å². The Labute approximate surface area is 144 Å². The molecular weight excluding hydrogens is 286 g/mol. The van der Waals surface area contributed by atoms with E-state index in [1.807, 2.05) is 0 Å². The highest BCUT2D eigenvalue weighted by Crippen LogP contribution is 2.09. The summed E-state index contributed by atoms with van der Waals surface area (Å²) in [5.74, 6) is 0. The largest absolute Gasteiger partial charge is 0.367 e. The smallest absolute Gasteiger partial charge is 0.164 e. The van der Waals surface area contributed by atoms with Crippen molar-refractivity contribution in [1.29, 1.82) is 0 Å². The second-order valence-electron chi connectivity index (χ2n) is 6.62. The maximum Gasteiger partial charge on any atom is 0.164 e. The van der Waals surface area contributed by atoms with Crippen molar-refractivity contribution >= 4 is 0 Å². The molecule has 0 heterocycles. The summed E-state index contributed by atoms with van der Waals surface area (Å²) < 4.78 is 0. The normalized spacial score (nSPS) is 11.8. The van der Waals surface area contributed by atoms with E-state index in [9.17, 15) is 0 Å². The first-order valence-electron chi connectivity index (χ1n) is 9.99. The molecule has 0 aromatic heterocycles. The summed E-state index contributed by atoms with van der Waals surface area (Å²) in [4.78, 5) is 0. The molecule has 0 aliphatic carbocycles. The summed E-state index contributed by atoms with van der Waals surface area (Å²) in [6.07, 6.45) is 22.0. The summed E-state index contributed by atoms with van der Waals surface area (Å²) in [7, 11) is 0. The van der Waals surface area contributed by atoms with E-state index in [2.05, 4.69) is 24.4 Å². The SMILES string of the molecule is CCCCCCCC/C=C\CCCCCCCCNCC(O)O. The van der Waals surface area contributed by atoms with E-state index in [1.54, 1.807) is 0 Å². The lowest BCUT2D eigenvalue weighted by Crippen LogP contribution is -2.26. The van der Waals surface area contributed by atoms with Gasteiger partial charge in [0.25, 0.3) is 0 Å². The monoisotopic (exact) mass is 327 g/mol. The predicted octanol–water partition coefficient (Wildman–Crippen LogP) is 4.92. The molecule has 138 valence electrons. The van der Waals surface area contributed by atoms with Crippen LogP contribution >= 0.6 is 0 Å². The number of rotatable bonds is 18. The zero-order valence-electron chi connectivity index (χ0n) is 15.4. The van der Waals surface area contributed by atoms with Gasteiger partial charge in [0.05, 0.1) is 0 Å². The Balaban J connectivity index is 3.05. The van der Waals surface area contributed by atoms with Crippen LogP contribution in [0.4, 0.5) is 0 Å². The molecule has 0 unspecified atom stereocenters. The van der Waals surface area contributed by atoms with Crippen molar-refractivity contribution in [2.24, 2.45) is 0 Å². The quantitative estimate of drug-likeness (QED) is 0.190. The van der Waals surface area contributed by atoms with Gasteiger partial charge in [-0.3, -0.25) is 0 Å². The molecule has 0 spiro atoms. The van der Waals surface area contributed by atoms with Crippen LogP contribution < -0.4 is 5.32 Å². The van der Waals surface area contributed by atoms with Crippen LogP contribution in [-0.2, 0) is 0 Å². The van der Waals surface area contributed by atoms with Crippen molar-refractivity contribution in [3.05, 3.63) is 12.2 Å². The van der Waals surface area contributed by atoms with E-state index >= 15 is 0 Å². The van der Waals surface area contributed by atoms with E-state index in [0.717, 1.165) is 13.0 Å². The highest BCUT2D eigenvalue weighted by molar-refractivity contribution is 4.81. The fourth-order valence-corrected chi connectivity index (χ4v) is 2.73. The third-order valence-electron chi connectivity index (χ3n) is 4.19. The molecule has 0 aliphatic rings. The minimum atomic E-state index is -1.22. The van der Waals surface area contributed by atoms with Gasteiger partial charge >= 0.3 is 0 Å². The molecular formula is C20H41NO2. The lowest BCUT2D eigenvalue weighted by Gasteiger charge is -2.05. The molecule has 0 amide bonds. The maximum absolute atomic E-state index is 8.67. The lowest BCUT2D eigenvalue weighted by atomic mass is 10.1. The summed E-state index contributed by atoms with van der Waals surface area (Å²) in [5, 5.41) is 20.4. The first-order chi connectivity index (χ1) is 11.3. The van der Waals surface area contributed by atoms with E-state index in [1.165, 1.54) is 83.5 Å². The van der Waals surface area contributed by atoms with E-state index < -0.39 is 6.29 Å². The van der Waals surface area contributed by atoms with Crippen LogP contribution in [0.2, 0.25) is 0 Å². The zero-order valence-corrected chi connectivity index (χ0v) is 15.4. The molecule has 0 aromatic carbocycles. The zero-order chi connectivity index (χ0) is 17.0. The fraction of sp³-hybridized carbons (Fsp3) is 0.900. The second kappa shape index (κ2) is 19.7. The van der Waals surface area contributed by atoms with Gasteiger partial charge in [0.2, 0.25) is 0 Å². The van der Waals surface area contributed by atoms with Gasteiger partial charge < -0.3 is 15.5 Å². The molecule has 0 aliphatic heterocycles. The molecule has 3 heteroatoms. The van der Waals surface area contributed by atoms with Crippen LogP contribution in [0.1, 0.15) is 96.8 Å². The Morgan fingerprint density at radius 2 is 1.17 bits per heavy atom. The van der Waals surface area contributed by atoms with E-state index in [0.29, 0.717) is 0 Å². The molecule has 0 saturated carbocycles. The minimum Gasteiger partial charge on any atom is -0.367 e. The number of aliphatic hydroxyl groups excluding tert-OH is 1. The average Bonchev–Trinajstić information content (AvgIpc) is 2.53. The van der Waals surface area contributed by atoms with Gasteiger partial charge in [0.1, 0.15) is 0 Å². The predicted molar refractivity (Wildman–Crippen MR) is 101 cm³/mol. The maximum atomic E-state index is 8.67. The molecule has 0 fully saturated rings. The van der Waals surface area contributed by atoms with Gasteiger partial charge in [-0.25, -0.2) is 0 Å².